The van der Waals surface area contributed by atoms with E-state index >= 15 is 0 Å². The van der Waals surface area contributed by atoms with Gasteiger partial charge in [-0.1, -0.05) is 28.1 Å². The molecule has 1 saturated heterocycles. The zero-order valence-corrected chi connectivity index (χ0v) is 12.9. The lowest BCUT2D eigenvalue weighted by atomic mass is 10.0. The summed E-state index contributed by atoms with van der Waals surface area (Å²) in [7, 11) is 0. The zero-order valence-electron chi connectivity index (χ0n) is 11.3. The van der Waals surface area contributed by atoms with Crippen molar-refractivity contribution >= 4 is 15.9 Å². The number of hydrogen-bond donors (Lipinski definition) is 2. The van der Waals surface area contributed by atoms with Crippen LogP contribution in [0.25, 0.3) is 0 Å². The van der Waals surface area contributed by atoms with Gasteiger partial charge in [0, 0.05) is 17.6 Å². The first-order valence-electron chi connectivity index (χ1n) is 6.90. The first-order chi connectivity index (χ1) is 9.06. The van der Waals surface area contributed by atoms with Crippen molar-refractivity contribution in [1.82, 2.24) is 4.90 Å². The van der Waals surface area contributed by atoms with E-state index in [0.29, 0.717) is 5.92 Å². The Labute approximate surface area is 123 Å². The highest BCUT2D eigenvalue weighted by Gasteiger charge is 2.26. The van der Waals surface area contributed by atoms with Crippen molar-refractivity contribution in [3.8, 4) is 0 Å². The van der Waals surface area contributed by atoms with Crippen LogP contribution in [0.4, 0.5) is 0 Å². The molecule has 1 aromatic carbocycles. The molecule has 0 saturated carbocycles. The molecule has 0 aliphatic carbocycles. The predicted molar refractivity (Wildman–Crippen MR) is 79.9 cm³/mol. The molecule has 0 amide bonds. The minimum absolute atomic E-state index is 0.222. The molecule has 3 unspecified atom stereocenters. The van der Waals surface area contributed by atoms with Crippen LogP contribution in [0.5, 0.6) is 0 Å². The molecule has 0 radical (unpaired) electrons. The molecular weight excluding hydrogens is 306 g/mol. The van der Waals surface area contributed by atoms with Crippen LogP contribution in [-0.2, 0) is 0 Å². The lowest BCUT2D eigenvalue weighted by molar-refractivity contribution is 0.121. The second kappa shape index (κ2) is 6.84. The van der Waals surface area contributed by atoms with Gasteiger partial charge in [0.25, 0.3) is 0 Å². The number of rotatable bonds is 5. The molecule has 2 rings (SSSR count). The van der Waals surface area contributed by atoms with Gasteiger partial charge in [0.1, 0.15) is 0 Å². The van der Waals surface area contributed by atoms with Gasteiger partial charge in [-0.15, -0.1) is 0 Å². The molecule has 2 N–H and O–H groups in total. The molecular formula is C15H22BrNO2. The Bertz CT molecular complexity index is 411. The fourth-order valence-electron chi connectivity index (χ4n) is 2.64. The molecule has 19 heavy (non-hydrogen) atoms. The molecule has 0 bridgehead atoms. The Morgan fingerprint density at radius 3 is 2.84 bits per heavy atom. The Morgan fingerprint density at radius 1 is 1.42 bits per heavy atom. The fourth-order valence-corrected chi connectivity index (χ4v) is 3.06. The maximum absolute atomic E-state index is 10.2. The van der Waals surface area contributed by atoms with E-state index in [1.54, 1.807) is 0 Å². The van der Waals surface area contributed by atoms with Gasteiger partial charge < -0.3 is 15.1 Å². The quantitative estimate of drug-likeness (QED) is 0.873. The van der Waals surface area contributed by atoms with E-state index in [2.05, 4.69) is 20.8 Å². The van der Waals surface area contributed by atoms with Crippen LogP contribution in [-0.4, -0.2) is 40.9 Å². The second-order valence-corrected chi connectivity index (χ2v) is 6.37. The van der Waals surface area contributed by atoms with E-state index in [4.69, 9.17) is 0 Å². The lowest BCUT2D eigenvalue weighted by Gasteiger charge is -2.19. The highest BCUT2D eigenvalue weighted by molar-refractivity contribution is 9.10. The van der Waals surface area contributed by atoms with Crippen LogP contribution in [0.15, 0.2) is 28.7 Å². The van der Waals surface area contributed by atoms with Gasteiger partial charge >= 0.3 is 0 Å². The zero-order chi connectivity index (χ0) is 13.8. The van der Waals surface area contributed by atoms with Crippen LogP contribution < -0.4 is 0 Å². The van der Waals surface area contributed by atoms with Crippen molar-refractivity contribution in [2.75, 3.05) is 19.6 Å². The normalized spacial score (nSPS) is 23.5. The van der Waals surface area contributed by atoms with Crippen molar-refractivity contribution in [2.24, 2.45) is 5.92 Å². The summed E-state index contributed by atoms with van der Waals surface area (Å²) in [6, 6.07) is 7.83. The minimum Gasteiger partial charge on any atom is -0.393 e. The summed E-state index contributed by atoms with van der Waals surface area (Å²) in [6.07, 6.45) is 1.16. The molecule has 1 fully saturated rings. The largest absolute Gasteiger partial charge is 0.393 e. The van der Waals surface area contributed by atoms with Crippen molar-refractivity contribution in [3.63, 3.8) is 0 Å². The summed E-state index contributed by atoms with van der Waals surface area (Å²) in [5, 5.41) is 19.8. The summed E-state index contributed by atoms with van der Waals surface area (Å²) < 4.78 is 0.999. The standard InChI is InChI=1S/C15H22BrNO2/c1-11(18)13-5-7-17(10-13)8-6-15(19)12-3-2-4-14(16)9-12/h2-4,9,11,13,15,18-19H,5-8,10H2,1H3. The van der Waals surface area contributed by atoms with E-state index in [-0.39, 0.29) is 6.10 Å². The van der Waals surface area contributed by atoms with Gasteiger partial charge in [0.2, 0.25) is 0 Å². The number of aliphatic hydroxyl groups is 2. The third kappa shape index (κ3) is 4.28. The van der Waals surface area contributed by atoms with Gasteiger partial charge in [-0.25, -0.2) is 0 Å². The number of halogens is 1. The number of nitrogens with zero attached hydrogens (tertiary/aromatic N) is 1. The fraction of sp³-hybridized carbons (Fsp3) is 0.600. The molecule has 1 heterocycles. The number of aliphatic hydroxyl groups excluding tert-OH is 2. The Hall–Kier alpha value is -0.420. The highest BCUT2D eigenvalue weighted by Crippen LogP contribution is 2.24. The number of likely N-dealkylation sites (tertiary alicyclic amines) is 1. The van der Waals surface area contributed by atoms with Crippen LogP contribution in [0.3, 0.4) is 0 Å². The molecule has 3 nitrogen and oxygen atoms in total. The Morgan fingerprint density at radius 2 is 2.21 bits per heavy atom. The summed E-state index contributed by atoms with van der Waals surface area (Å²) in [5.74, 6) is 0.392. The summed E-state index contributed by atoms with van der Waals surface area (Å²) in [5.41, 5.74) is 0.959. The van der Waals surface area contributed by atoms with Crippen LogP contribution in [0, 0.1) is 5.92 Å². The maximum Gasteiger partial charge on any atom is 0.0802 e. The highest BCUT2D eigenvalue weighted by atomic mass is 79.9. The molecule has 3 atom stereocenters. The summed E-state index contributed by atoms with van der Waals surface area (Å²) in [6.45, 7) is 4.73. The molecule has 1 aliphatic heterocycles. The molecule has 4 heteroatoms. The van der Waals surface area contributed by atoms with E-state index in [1.807, 2.05) is 31.2 Å². The van der Waals surface area contributed by atoms with Crippen molar-refractivity contribution in [3.05, 3.63) is 34.3 Å². The smallest absolute Gasteiger partial charge is 0.0802 e. The molecule has 1 aliphatic rings. The van der Waals surface area contributed by atoms with Crippen LogP contribution in [0.1, 0.15) is 31.4 Å². The van der Waals surface area contributed by atoms with E-state index in [1.165, 1.54) is 0 Å². The van der Waals surface area contributed by atoms with Crippen molar-refractivity contribution < 1.29 is 10.2 Å². The van der Waals surface area contributed by atoms with E-state index in [9.17, 15) is 10.2 Å². The lowest BCUT2D eigenvalue weighted by Crippen LogP contribution is -2.26. The van der Waals surface area contributed by atoms with Crippen LogP contribution >= 0.6 is 15.9 Å². The summed E-state index contributed by atoms with van der Waals surface area (Å²) in [4.78, 5) is 2.33. The predicted octanol–water partition coefficient (Wildman–Crippen LogP) is 2.58. The van der Waals surface area contributed by atoms with Gasteiger partial charge in [-0.05, 0) is 49.9 Å². The summed E-state index contributed by atoms with van der Waals surface area (Å²) >= 11 is 3.42. The van der Waals surface area contributed by atoms with Crippen molar-refractivity contribution in [2.45, 2.75) is 32.0 Å². The SMILES string of the molecule is CC(O)C1CCN(CCC(O)c2cccc(Br)c2)C1. The van der Waals surface area contributed by atoms with Crippen LogP contribution in [0.2, 0.25) is 0 Å². The Balaban J connectivity index is 1.80. The number of benzene rings is 1. The number of hydrogen-bond acceptors (Lipinski definition) is 3. The average Bonchev–Trinajstić information content (AvgIpc) is 2.85. The first kappa shape index (κ1) is 15.0. The van der Waals surface area contributed by atoms with Gasteiger partial charge in [-0.2, -0.15) is 0 Å². The topological polar surface area (TPSA) is 43.7 Å². The third-order valence-corrected chi connectivity index (χ3v) is 4.44. The Kier molecular flexibility index (Phi) is 5.39. The van der Waals surface area contributed by atoms with Gasteiger partial charge in [0.15, 0.2) is 0 Å². The average molecular weight is 328 g/mol. The van der Waals surface area contributed by atoms with Crippen molar-refractivity contribution in [1.29, 1.82) is 0 Å². The molecule has 106 valence electrons. The monoisotopic (exact) mass is 327 g/mol. The third-order valence-electron chi connectivity index (χ3n) is 3.94. The second-order valence-electron chi connectivity index (χ2n) is 5.45. The molecule has 0 spiro atoms. The van der Waals surface area contributed by atoms with E-state index in [0.717, 1.165) is 42.5 Å². The minimum atomic E-state index is -0.414. The van der Waals surface area contributed by atoms with Gasteiger partial charge in [-0.3, -0.25) is 0 Å². The van der Waals surface area contributed by atoms with Gasteiger partial charge in [0.05, 0.1) is 12.2 Å². The molecule has 0 aromatic heterocycles. The maximum atomic E-state index is 10.2. The van der Waals surface area contributed by atoms with E-state index < -0.39 is 6.10 Å². The first-order valence-corrected chi connectivity index (χ1v) is 7.69. The molecule has 1 aromatic rings.